The maximum Gasteiger partial charge on any atom is 0.247 e. The maximum atomic E-state index is 5.93. The van der Waals surface area contributed by atoms with Crippen LogP contribution in [0, 0.1) is 5.92 Å². The van der Waals surface area contributed by atoms with Gasteiger partial charge < -0.3 is 9.15 Å². The molecule has 0 N–H and O–H groups in total. The lowest BCUT2D eigenvalue weighted by Gasteiger charge is -2.26. The second-order valence-corrected chi connectivity index (χ2v) is 6.51. The standard InChI is InChI=1S/C17H20N6O2/c1-12-3-2-4-15(9-12)24-10-16-19-20-17(25-16)13-5-7-14(8-6-13)23-11-18-21-22-23/h5-8,11-12,15H,2-4,9-10H2,1H3/t12-,15-/m0/s1. The summed E-state index contributed by atoms with van der Waals surface area (Å²) in [5, 5.41) is 19.3. The molecule has 0 aliphatic heterocycles. The van der Waals surface area contributed by atoms with Crippen LogP contribution in [0.2, 0.25) is 0 Å². The average Bonchev–Trinajstić information content (AvgIpc) is 3.32. The molecule has 130 valence electrons. The minimum absolute atomic E-state index is 0.301. The van der Waals surface area contributed by atoms with E-state index in [4.69, 9.17) is 9.15 Å². The van der Waals surface area contributed by atoms with Crippen molar-refractivity contribution in [2.75, 3.05) is 0 Å². The van der Waals surface area contributed by atoms with Crippen molar-refractivity contribution in [3.05, 3.63) is 36.5 Å². The predicted octanol–water partition coefficient (Wildman–Crippen LogP) is 2.81. The zero-order chi connectivity index (χ0) is 17.1. The lowest BCUT2D eigenvalue weighted by molar-refractivity contribution is -0.00444. The molecule has 1 aliphatic rings. The lowest BCUT2D eigenvalue weighted by Crippen LogP contribution is -2.21. The highest BCUT2D eigenvalue weighted by molar-refractivity contribution is 5.55. The van der Waals surface area contributed by atoms with E-state index in [1.54, 1.807) is 11.0 Å². The minimum atomic E-state index is 0.301. The molecule has 2 aromatic heterocycles. The summed E-state index contributed by atoms with van der Waals surface area (Å²) in [4.78, 5) is 0. The van der Waals surface area contributed by atoms with Gasteiger partial charge in [0.15, 0.2) is 0 Å². The third-order valence-corrected chi connectivity index (χ3v) is 4.53. The molecule has 1 aliphatic carbocycles. The first-order chi connectivity index (χ1) is 12.3. The van der Waals surface area contributed by atoms with Gasteiger partial charge in [-0.15, -0.1) is 15.3 Å². The first-order valence-corrected chi connectivity index (χ1v) is 8.56. The second kappa shape index (κ2) is 7.10. The van der Waals surface area contributed by atoms with E-state index in [-0.39, 0.29) is 0 Å². The molecule has 0 radical (unpaired) electrons. The minimum Gasteiger partial charge on any atom is -0.418 e. The maximum absolute atomic E-state index is 5.93. The summed E-state index contributed by atoms with van der Waals surface area (Å²) in [7, 11) is 0. The van der Waals surface area contributed by atoms with Gasteiger partial charge in [-0.1, -0.05) is 19.8 Å². The Kier molecular flexibility index (Phi) is 4.51. The number of aromatic nitrogens is 6. The highest BCUT2D eigenvalue weighted by atomic mass is 16.5. The fraction of sp³-hybridized carbons (Fsp3) is 0.471. The monoisotopic (exact) mass is 340 g/mol. The summed E-state index contributed by atoms with van der Waals surface area (Å²) < 4.78 is 13.2. The van der Waals surface area contributed by atoms with E-state index in [0.29, 0.717) is 24.5 Å². The van der Waals surface area contributed by atoms with Crippen molar-refractivity contribution in [2.24, 2.45) is 5.92 Å². The average molecular weight is 340 g/mol. The summed E-state index contributed by atoms with van der Waals surface area (Å²) in [6.45, 7) is 2.65. The molecule has 25 heavy (non-hydrogen) atoms. The Morgan fingerprint density at radius 3 is 2.84 bits per heavy atom. The molecule has 2 atom stereocenters. The number of hydrogen-bond donors (Lipinski definition) is 0. The Morgan fingerprint density at radius 2 is 2.08 bits per heavy atom. The number of rotatable bonds is 5. The van der Waals surface area contributed by atoms with Crippen LogP contribution in [0.3, 0.4) is 0 Å². The Balaban J connectivity index is 1.39. The third kappa shape index (κ3) is 3.74. The molecule has 1 saturated carbocycles. The zero-order valence-corrected chi connectivity index (χ0v) is 14.1. The second-order valence-electron chi connectivity index (χ2n) is 6.51. The van der Waals surface area contributed by atoms with Crippen LogP contribution in [0.1, 0.15) is 38.5 Å². The van der Waals surface area contributed by atoms with E-state index < -0.39 is 0 Å². The number of hydrogen-bond acceptors (Lipinski definition) is 7. The van der Waals surface area contributed by atoms with Gasteiger partial charge in [0, 0.05) is 5.56 Å². The van der Waals surface area contributed by atoms with E-state index >= 15 is 0 Å². The lowest BCUT2D eigenvalue weighted by atomic mass is 9.89. The van der Waals surface area contributed by atoms with Crippen LogP contribution >= 0.6 is 0 Å². The van der Waals surface area contributed by atoms with E-state index in [1.807, 2.05) is 24.3 Å². The molecule has 3 aromatic rings. The summed E-state index contributed by atoms with van der Waals surface area (Å²) in [5.74, 6) is 1.73. The molecule has 1 aromatic carbocycles. The molecule has 2 heterocycles. The molecular weight excluding hydrogens is 320 g/mol. The zero-order valence-electron chi connectivity index (χ0n) is 14.1. The predicted molar refractivity (Wildman–Crippen MR) is 88.7 cm³/mol. The van der Waals surface area contributed by atoms with Gasteiger partial charge in [-0.25, -0.2) is 4.68 Å². The van der Waals surface area contributed by atoms with Crippen LogP contribution in [0.5, 0.6) is 0 Å². The van der Waals surface area contributed by atoms with Crippen LogP contribution in [0.15, 0.2) is 35.0 Å². The van der Waals surface area contributed by atoms with E-state index in [1.165, 1.54) is 12.8 Å². The number of nitrogens with zero attached hydrogens (tertiary/aromatic N) is 6. The molecule has 4 rings (SSSR count). The topological polar surface area (TPSA) is 91.8 Å². The molecule has 0 amide bonds. The largest absolute Gasteiger partial charge is 0.418 e. The van der Waals surface area contributed by atoms with E-state index in [0.717, 1.165) is 30.0 Å². The Morgan fingerprint density at radius 1 is 1.20 bits per heavy atom. The summed E-state index contributed by atoms with van der Waals surface area (Å²) in [5.41, 5.74) is 1.71. The van der Waals surface area contributed by atoms with E-state index in [9.17, 15) is 0 Å². The number of ether oxygens (including phenoxy) is 1. The number of benzene rings is 1. The van der Waals surface area contributed by atoms with Crippen molar-refractivity contribution < 1.29 is 9.15 Å². The van der Waals surface area contributed by atoms with Gasteiger partial charge in [0.2, 0.25) is 11.8 Å². The van der Waals surface area contributed by atoms with Gasteiger partial charge in [0.1, 0.15) is 12.9 Å². The highest BCUT2D eigenvalue weighted by Crippen LogP contribution is 2.26. The normalized spacial score (nSPS) is 20.7. The molecule has 0 unspecified atom stereocenters. The smallest absolute Gasteiger partial charge is 0.247 e. The van der Waals surface area contributed by atoms with Gasteiger partial charge in [-0.05, 0) is 53.5 Å². The molecular formula is C17H20N6O2. The van der Waals surface area contributed by atoms with Gasteiger partial charge in [0.05, 0.1) is 11.8 Å². The molecule has 8 heteroatoms. The Bertz CT molecular complexity index is 799. The van der Waals surface area contributed by atoms with Crippen LogP contribution < -0.4 is 0 Å². The summed E-state index contributed by atoms with van der Waals surface area (Å²) in [6.07, 6.45) is 6.60. The van der Waals surface area contributed by atoms with Crippen molar-refractivity contribution in [2.45, 2.75) is 45.3 Å². The molecule has 0 spiro atoms. The fourth-order valence-electron chi connectivity index (χ4n) is 3.18. The van der Waals surface area contributed by atoms with Crippen molar-refractivity contribution in [1.82, 2.24) is 30.4 Å². The molecule has 1 fully saturated rings. The number of tetrazole rings is 1. The first kappa shape index (κ1) is 15.9. The van der Waals surface area contributed by atoms with E-state index in [2.05, 4.69) is 32.6 Å². The van der Waals surface area contributed by atoms with Crippen molar-refractivity contribution in [3.8, 4) is 17.1 Å². The highest BCUT2D eigenvalue weighted by Gasteiger charge is 2.20. The van der Waals surface area contributed by atoms with Gasteiger partial charge in [0.25, 0.3) is 0 Å². The molecule has 0 bridgehead atoms. The van der Waals surface area contributed by atoms with Crippen LogP contribution in [0.4, 0.5) is 0 Å². The van der Waals surface area contributed by atoms with Gasteiger partial charge >= 0.3 is 0 Å². The quantitative estimate of drug-likeness (QED) is 0.705. The van der Waals surface area contributed by atoms with Gasteiger partial charge in [-0.2, -0.15) is 0 Å². The van der Waals surface area contributed by atoms with Crippen LogP contribution in [0.25, 0.3) is 17.1 Å². The molecule has 8 nitrogen and oxygen atoms in total. The summed E-state index contributed by atoms with van der Waals surface area (Å²) >= 11 is 0. The van der Waals surface area contributed by atoms with Crippen LogP contribution in [-0.4, -0.2) is 36.5 Å². The Hall–Kier alpha value is -2.61. The fourth-order valence-corrected chi connectivity index (χ4v) is 3.18. The summed E-state index contributed by atoms with van der Waals surface area (Å²) in [6, 6.07) is 7.60. The third-order valence-electron chi connectivity index (χ3n) is 4.53. The van der Waals surface area contributed by atoms with Crippen molar-refractivity contribution in [3.63, 3.8) is 0 Å². The van der Waals surface area contributed by atoms with Crippen molar-refractivity contribution in [1.29, 1.82) is 0 Å². The Labute approximate surface area is 145 Å². The first-order valence-electron chi connectivity index (χ1n) is 8.56. The SMILES string of the molecule is C[C@H]1CCC[C@H](OCc2nnc(-c3ccc(-n4cnnn4)cc3)o2)C1. The van der Waals surface area contributed by atoms with Crippen molar-refractivity contribution >= 4 is 0 Å². The molecule has 0 saturated heterocycles. The van der Waals surface area contributed by atoms with Gasteiger partial charge in [-0.3, -0.25) is 0 Å². The van der Waals surface area contributed by atoms with Crippen LogP contribution in [-0.2, 0) is 11.3 Å².